The first kappa shape index (κ1) is 13.9. The van der Waals surface area contributed by atoms with Gasteiger partial charge >= 0.3 is 0 Å². The standard InChI is InChI=1S/C10H10BrClN2O3/c1-13(6-5-11)10(15)9-7(12)3-2-4-8(9)14(16)17/h2-4H,5-6H2,1H3. The van der Waals surface area contributed by atoms with Gasteiger partial charge in [0, 0.05) is 25.0 Å². The molecule has 1 rings (SSSR count). The number of hydrogen-bond acceptors (Lipinski definition) is 3. The van der Waals surface area contributed by atoms with E-state index in [0.29, 0.717) is 11.9 Å². The number of rotatable bonds is 4. The van der Waals surface area contributed by atoms with Crippen LogP contribution < -0.4 is 0 Å². The van der Waals surface area contributed by atoms with Crippen LogP contribution in [0.2, 0.25) is 5.02 Å². The summed E-state index contributed by atoms with van der Waals surface area (Å²) in [6.45, 7) is 0.446. The first-order valence-corrected chi connectivity index (χ1v) is 6.23. The average molecular weight is 322 g/mol. The molecule has 0 spiro atoms. The van der Waals surface area contributed by atoms with Crippen LogP contribution in [0.5, 0.6) is 0 Å². The molecule has 0 aliphatic heterocycles. The average Bonchev–Trinajstić information content (AvgIpc) is 2.28. The molecular formula is C10H10BrClN2O3. The zero-order chi connectivity index (χ0) is 13.0. The van der Waals surface area contributed by atoms with Crippen molar-refractivity contribution >= 4 is 39.1 Å². The van der Waals surface area contributed by atoms with Crippen LogP contribution in [0.1, 0.15) is 10.4 Å². The van der Waals surface area contributed by atoms with Gasteiger partial charge in [-0.2, -0.15) is 0 Å². The van der Waals surface area contributed by atoms with Crippen LogP contribution in [-0.4, -0.2) is 34.7 Å². The van der Waals surface area contributed by atoms with Gasteiger partial charge in [-0.3, -0.25) is 14.9 Å². The maximum Gasteiger partial charge on any atom is 0.283 e. The zero-order valence-corrected chi connectivity index (χ0v) is 11.4. The fraction of sp³-hybridized carbons (Fsp3) is 0.300. The Morgan fingerprint density at radius 1 is 1.59 bits per heavy atom. The van der Waals surface area contributed by atoms with E-state index >= 15 is 0 Å². The molecule has 0 N–H and O–H groups in total. The number of nitrogens with zero attached hydrogens (tertiary/aromatic N) is 2. The summed E-state index contributed by atoms with van der Waals surface area (Å²) >= 11 is 9.04. The van der Waals surface area contributed by atoms with Crippen LogP contribution in [0.25, 0.3) is 0 Å². The van der Waals surface area contributed by atoms with Crippen molar-refractivity contribution in [3.05, 3.63) is 38.9 Å². The molecule has 0 aliphatic carbocycles. The molecule has 1 amide bonds. The van der Waals surface area contributed by atoms with Crippen LogP contribution in [0.4, 0.5) is 5.69 Å². The molecular weight excluding hydrogens is 311 g/mol. The van der Waals surface area contributed by atoms with E-state index in [-0.39, 0.29) is 16.3 Å². The second-order valence-corrected chi connectivity index (χ2v) is 4.51. The molecule has 0 saturated heterocycles. The Hall–Kier alpha value is -1.14. The molecule has 0 bridgehead atoms. The second-order valence-electron chi connectivity index (χ2n) is 3.31. The lowest BCUT2D eigenvalue weighted by atomic mass is 10.1. The number of hydrogen-bond donors (Lipinski definition) is 0. The molecule has 0 aromatic heterocycles. The summed E-state index contributed by atoms with van der Waals surface area (Å²) in [5.74, 6) is -0.457. The van der Waals surface area contributed by atoms with Crippen molar-refractivity contribution in [2.45, 2.75) is 0 Å². The number of alkyl halides is 1. The Bertz CT molecular complexity index is 453. The molecule has 0 radical (unpaired) electrons. The fourth-order valence-corrected chi connectivity index (χ4v) is 2.08. The van der Waals surface area contributed by atoms with Crippen molar-refractivity contribution in [2.24, 2.45) is 0 Å². The van der Waals surface area contributed by atoms with Crippen molar-refractivity contribution in [1.82, 2.24) is 4.90 Å². The SMILES string of the molecule is CN(CCBr)C(=O)c1c(Cl)cccc1[N+](=O)[O-]. The van der Waals surface area contributed by atoms with Gasteiger partial charge in [-0.25, -0.2) is 0 Å². The van der Waals surface area contributed by atoms with Gasteiger partial charge in [-0.15, -0.1) is 0 Å². The van der Waals surface area contributed by atoms with Gasteiger partial charge in [0.2, 0.25) is 0 Å². The van der Waals surface area contributed by atoms with E-state index in [1.165, 1.54) is 23.1 Å². The van der Waals surface area contributed by atoms with Gasteiger partial charge in [0.25, 0.3) is 11.6 Å². The third kappa shape index (κ3) is 3.17. The van der Waals surface area contributed by atoms with E-state index in [1.807, 2.05) is 0 Å². The van der Waals surface area contributed by atoms with Crippen molar-refractivity contribution in [2.75, 3.05) is 18.9 Å². The van der Waals surface area contributed by atoms with Crippen LogP contribution in [0, 0.1) is 10.1 Å². The van der Waals surface area contributed by atoms with Crippen LogP contribution >= 0.6 is 27.5 Å². The lowest BCUT2D eigenvalue weighted by molar-refractivity contribution is -0.385. The first-order valence-electron chi connectivity index (χ1n) is 4.73. The summed E-state index contributed by atoms with van der Waals surface area (Å²) in [4.78, 5) is 23.6. The fourth-order valence-electron chi connectivity index (χ4n) is 1.30. The topological polar surface area (TPSA) is 63.5 Å². The highest BCUT2D eigenvalue weighted by molar-refractivity contribution is 9.09. The molecule has 0 heterocycles. The number of nitro benzene ring substituents is 1. The number of carbonyl (C=O) groups is 1. The van der Waals surface area contributed by atoms with E-state index in [2.05, 4.69) is 15.9 Å². The van der Waals surface area contributed by atoms with Gasteiger partial charge in [0.15, 0.2) is 0 Å². The highest BCUT2D eigenvalue weighted by Gasteiger charge is 2.25. The molecule has 5 nitrogen and oxygen atoms in total. The van der Waals surface area contributed by atoms with Crippen LogP contribution in [-0.2, 0) is 0 Å². The maximum absolute atomic E-state index is 12.0. The van der Waals surface area contributed by atoms with E-state index in [1.54, 1.807) is 7.05 Å². The lowest BCUT2D eigenvalue weighted by Crippen LogP contribution is -2.29. The molecule has 1 aromatic carbocycles. The summed E-state index contributed by atoms with van der Waals surface area (Å²) in [7, 11) is 1.57. The van der Waals surface area contributed by atoms with Crippen molar-refractivity contribution in [1.29, 1.82) is 0 Å². The third-order valence-corrected chi connectivity index (χ3v) is 2.84. The van der Waals surface area contributed by atoms with Crippen molar-refractivity contribution in [3.63, 3.8) is 0 Å². The first-order chi connectivity index (χ1) is 7.99. The third-order valence-electron chi connectivity index (χ3n) is 2.17. The molecule has 1 aromatic rings. The Morgan fingerprint density at radius 3 is 2.76 bits per heavy atom. The van der Waals surface area contributed by atoms with Gasteiger partial charge in [-0.05, 0) is 6.07 Å². The summed E-state index contributed by atoms with van der Waals surface area (Å²) in [6, 6.07) is 4.17. The predicted octanol–water partition coefficient (Wildman–Crippen LogP) is 2.72. The minimum absolute atomic E-state index is 0.0670. The molecule has 17 heavy (non-hydrogen) atoms. The lowest BCUT2D eigenvalue weighted by Gasteiger charge is -2.16. The van der Waals surface area contributed by atoms with E-state index < -0.39 is 10.8 Å². The smallest absolute Gasteiger partial charge is 0.283 e. The van der Waals surface area contributed by atoms with Crippen LogP contribution in [0.3, 0.4) is 0 Å². The van der Waals surface area contributed by atoms with Gasteiger partial charge in [-0.1, -0.05) is 33.6 Å². The van der Waals surface area contributed by atoms with E-state index in [0.717, 1.165) is 0 Å². The monoisotopic (exact) mass is 320 g/mol. The number of halogens is 2. The molecule has 0 unspecified atom stereocenters. The minimum Gasteiger partial charge on any atom is -0.341 e. The van der Waals surface area contributed by atoms with Crippen LogP contribution in [0.15, 0.2) is 18.2 Å². The minimum atomic E-state index is -0.610. The Kier molecular flexibility index (Phi) is 4.89. The summed E-state index contributed by atoms with van der Waals surface area (Å²) in [5, 5.41) is 11.5. The largest absolute Gasteiger partial charge is 0.341 e. The van der Waals surface area contributed by atoms with Crippen molar-refractivity contribution < 1.29 is 9.72 Å². The molecule has 0 saturated carbocycles. The van der Waals surface area contributed by atoms with Gasteiger partial charge in [0.1, 0.15) is 5.56 Å². The van der Waals surface area contributed by atoms with Crippen molar-refractivity contribution in [3.8, 4) is 0 Å². The zero-order valence-electron chi connectivity index (χ0n) is 9.02. The Labute approximate surface area is 112 Å². The van der Waals surface area contributed by atoms with Gasteiger partial charge < -0.3 is 4.90 Å². The number of nitro groups is 1. The van der Waals surface area contributed by atoms with E-state index in [4.69, 9.17) is 11.6 Å². The Balaban J connectivity index is 3.20. The number of carbonyl (C=O) groups excluding carboxylic acids is 1. The Morgan fingerprint density at radius 2 is 2.24 bits per heavy atom. The highest BCUT2D eigenvalue weighted by Crippen LogP contribution is 2.27. The quantitative estimate of drug-likeness (QED) is 0.486. The molecule has 0 atom stereocenters. The summed E-state index contributed by atoms with van der Waals surface area (Å²) in [6.07, 6.45) is 0. The predicted molar refractivity (Wildman–Crippen MR) is 68.9 cm³/mol. The molecule has 7 heteroatoms. The van der Waals surface area contributed by atoms with E-state index in [9.17, 15) is 14.9 Å². The maximum atomic E-state index is 12.0. The van der Waals surface area contributed by atoms with Gasteiger partial charge in [0.05, 0.1) is 9.95 Å². The summed E-state index contributed by atoms with van der Waals surface area (Å²) < 4.78 is 0. The number of benzene rings is 1. The highest BCUT2D eigenvalue weighted by atomic mass is 79.9. The number of amides is 1. The normalized spacial score (nSPS) is 10.1. The molecule has 0 fully saturated rings. The molecule has 92 valence electrons. The second kappa shape index (κ2) is 5.97. The summed E-state index contributed by atoms with van der Waals surface area (Å²) in [5.41, 5.74) is -0.341. The molecule has 0 aliphatic rings.